The lowest BCUT2D eigenvalue weighted by atomic mass is 10.1. The number of piperidine rings is 1. The summed E-state index contributed by atoms with van der Waals surface area (Å²) in [4.78, 5) is 2.46. The maximum absolute atomic E-state index is 5.64. The van der Waals surface area contributed by atoms with E-state index in [1.807, 2.05) is 0 Å². The van der Waals surface area contributed by atoms with E-state index in [2.05, 4.69) is 11.8 Å². The molecule has 0 aromatic rings. The number of nitrogens with zero attached hydrogens (tertiary/aromatic N) is 1. The molecule has 1 aliphatic rings. The standard InChI is InChI=1S/C12H26N2O2/c1-2-9-15-11-8-14-6-3-12(4-7-14)16-10-5-13/h12H,2-11,13H2,1H3. The number of likely N-dealkylation sites (tertiary alicyclic amines) is 1. The van der Waals surface area contributed by atoms with Crippen LogP contribution in [0, 0.1) is 0 Å². The van der Waals surface area contributed by atoms with Gasteiger partial charge < -0.3 is 20.1 Å². The summed E-state index contributed by atoms with van der Waals surface area (Å²) in [5.74, 6) is 0. The van der Waals surface area contributed by atoms with E-state index in [9.17, 15) is 0 Å². The first-order valence-electron chi connectivity index (χ1n) is 6.48. The second kappa shape index (κ2) is 8.93. The lowest BCUT2D eigenvalue weighted by molar-refractivity contribution is 0.00450. The minimum Gasteiger partial charge on any atom is -0.380 e. The Labute approximate surface area is 99.1 Å². The molecule has 1 saturated heterocycles. The van der Waals surface area contributed by atoms with Crippen molar-refractivity contribution >= 4 is 0 Å². The van der Waals surface area contributed by atoms with Crippen molar-refractivity contribution in [2.24, 2.45) is 5.73 Å². The van der Waals surface area contributed by atoms with Crippen LogP contribution in [0.1, 0.15) is 26.2 Å². The van der Waals surface area contributed by atoms with Crippen LogP contribution in [0.2, 0.25) is 0 Å². The Hall–Kier alpha value is -0.160. The van der Waals surface area contributed by atoms with E-state index in [0.717, 1.165) is 52.1 Å². The van der Waals surface area contributed by atoms with Crippen LogP contribution in [-0.4, -0.2) is 57.0 Å². The summed E-state index contributed by atoms with van der Waals surface area (Å²) in [5.41, 5.74) is 5.42. The predicted octanol–water partition coefficient (Wildman–Crippen LogP) is 0.853. The first-order valence-corrected chi connectivity index (χ1v) is 6.48. The van der Waals surface area contributed by atoms with Gasteiger partial charge in [0.2, 0.25) is 0 Å². The van der Waals surface area contributed by atoms with Crippen LogP contribution in [0.15, 0.2) is 0 Å². The topological polar surface area (TPSA) is 47.7 Å². The summed E-state index contributed by atoms with van der Waals surface area (Å²) < 4.78 is 11.1. The van der Waals surface area contributed by atoms with Crippen LogP contribution in [0.3, 0.4) is 0 Å². The fourth-order valence-electron chi connectivity index (χ4n) is 1.97. The molecule has 0 aliphatic carbocycles. The fraction of sp³-hybridized carbons (Fsp3) is 1.00. The molecule has 0 spiro atoms. The summed E-state index contributed by atoms with van der Waals surface area (Å²) in [6, 6.07) is 0. The van der Waals surface area contributed by atoms with E-state index < -0.39 is 0 Å². The molecule has 1 fully saturated rings. The molecule has 0 radical (unpaired) electrons. The molecule has 1 heterocycles. The highest BCUT2D eigenvalue weighted by atomic mass is 16.5. The molecule has 4 nitrogen and oxygen atoms in total. The number of hydrogen-bond donors (Lipinski definition) is 1. The molecule has 4 heteroatoms. The van der Waals surface area contributed by atoms with Crippen molar-refractivity contribution in [2.75, 3.05) is 46.0 Å². The van der Waals surface area contributed by atoms with Gasteiger partial charge in [-0.3, -0.25) is 0 Å². The van der Waals surface area contributed by atoms with Crippen LogP contribution in [0.25, 0.3) is 0 Å². The first-order chi connectivity index (χ1) is 7.86. The van der Waals surface area contributed by atoms with Gasteiger partial charge in [0.1, 0.15) is 0 Å². The van der Waals surface area contributed by atoms with Crippen LogP contribution in [-0.2, 0) is 9.47 Å². The van der Waals surface area contributed by atoms with Crippen LogP contribution in [0.5, 0.6) is 0 Å². The van der Waals surface area contributed by atoms with Gasteiger partial charge in [0, 0.05) is 32.8 Å². The van der Waals surface area contributed by atoms with E-state index >= 15 is 0 Å². The number of ether oxygens (including phenoxy) is 2. The van der Waals surface area contributed by atoms with E-state index in [1.54, 1.807) is 0 Å². The third-order valence-electron chi connectivity index (χ3n) is 2.91. The average Bonchev–Trinajstić information content (AvgIpc) is 2.33. The quantitative estimate of drug-likeness (QED) is 0.628. The Morgan fingerprint density at radius 3 is 2.56 bits per heavy atom. The lowest BCUT2D eigenvalue weighted by Crippen LogP contribution is -2.39. The summed E-state index contributed by atoms with van der Waals surface area (Å²) >= 11 is 0. The smallest absolute Gasteiger partial charge is 0.0600 e. The minimum absolute atomic E-state index is 0.427. The van der Waals surface area contributed by atoms with Crippen LogP contribution >= 0.6 is 0 Å². The normalized spacial score (nSPS) is 19.1. The van der Waals surface area contributed by atoms with Gasteiger partial charge in [-0.15, -0.1) is 0 Å². The van der Waals surface area contributed by atoms with Crippen molar-refractivity contribution in [2.45, 2.75) is 32.3 Å². The number of rotatable bonds is 8. The molecule has 1 aliphatic heterocycles. The van der Waals surface area contributed by atoms with Gasteiger partial charge in [0.15, 0.2) is 0 Å². The highest BCUT2D eigenvalue weighted by molar-refractivity contribution is 4.72. The zero-order valence-electron chi connectivity index (χ0n) is 10.5. The Morgan fingerprint density at radius 2 is 1.94 bits per heavy atom. The van der Waals surface area contributed by atoms with Crippen molar-refractivity contribution in [3.05, 3.63) is 0 Å². The molecule has 0 aromatic carbocycles. The summed E-state index contributed by atoms with van der Waals surface area (Å²) in [7, 11) is 0. The molecular formula is C12H26N2O2. The van der Waals surface area contributed by atoms with Crippen molar-refractivity contribution in [1.82, 2.24) is 4.90 Å². The van der Waals surface area contributed by atoms with Crippen LogP contribution in [0.4, 0.5) is 0 Å². The molecule has 2 N–H and O–H groups in total. The van der Waals surface area contributed by atoms with Gasteiger partial charge in [0.05, 0.1) is 19.3 Å². The maximum Gasteiger partial charge on any atom is 0.0600 e. The largest absolute Gasteiger partial charge is 0.380 e. The van der Waals surface area contributed by atoms with Crippen molar-refractivity contribution in [1.29, 1.82) is 0 Å². The van der Waals surface area contributed by atoms with Gasteiger partial charge in [-0.05, 0) is 19.3 Å². The molecule has 0 saturated carbocycles. The molecule has 96 valence electrons. The third kappa shape index (κ3) is 5.80. The Bertz CT molecular complexity index is 159. The summed E-state index contributed by atoms with van der Waals surface area (Å²) in [6.07, 6.45) is 3.80. The Morgan fingerprint density at radius 1 is 1.19 bits per heavy atom. The predicted molar refractivity (Wildman–Crippen MR) is 65.6 cm³/mol. The highest BCUT2D eigenvalue weighted by Gasteiger charge is 2.18. The molecule has 0 atom stereocenters. The first kappa shape index (κ1) is 13.9. The third-order valence-corrected chi connectivity index (χ3v) is 2.91. The average molecular weight is 230 g/mol. The Kier molecular flexibility index (Phi) is 7.76. The second-order valence-electron chi connectivity index (χ2n) is 4.31. The molecule has 16 heavy (non-hydrogen) atoms. The molecule has 0 amide bonds. The van der Waals surface area contributed by atoms with Crippen LogP contribution < -0.4 is 5.73 Å². The number of hydrogen-bond acceptors (Lipinski definition) is 4. The monoisotopic (exact) mass is 230 g/mol. The van der Waals surface area contributed by atoms with Gasteiger partial charge in [-0.2, -0.15) is 0 Å². The molecule has 1 rings (SSSR count). The molecule has 0 bridgehead atoms. The lowest BCUT2D eigenvalue weighted by Gasteiger charge is -2.31. The van der Waals surface area contributed by atoms with Crippen molar-refractivity contribution in [3.63, 3.8) is 0 Å². The minimum atomic E-state index is 0.427. The molecule has 0 unspecified atom stereocenters. The van der Waals surface area contributed by atoms with E-state index in [-0.39, 0.29) is 0 Å². The zero-order chi connectivity index (χ0) is 11.6. The van der Waals surface area contributed by atoms with E-state index in [0.29, 0.717) is 19.3 Å². The van der Waals surface area contributed by atoms with Crippen molar-refractivity contribution in [3.8, 4) is 0 Å². The SMILES string of the molecule is CCCOCCN1CCC(OCCN)CC1. The zero-order valence-corrected chi connectivity index (χ0v) is 10.5. The summed E-state index contributed by atoms with van der Waals surface area (Å²) in [6.45, 7) is 8.53. The second-order valence-corrected chi connectivity index (χ2v) is 4.31. The molecular weight excluding hydrogens is 204 g/mol. The Balaban J connectivity index is 1.98. The molecule has 0 aromatic heterocycles. The maximum atomic E-state index is 5.64. The van der Waals surface area contributed by atoms with Gasteiger partial charge in [-0.1, -0.05) is 6.92 Å². The summed E-state index contributed by atoms with van der Waals surface area (Å²) in [5, 5.41) is 0. The van der Waals surface area contributed by atoms with Gasteiger partial charge >= 0.3 is 0 Å². The van der Waals surface area contributed by atoms with E-state index in [1.165, 1.54) is 0 Å². The van der Waals surface area contributed by atoms with Gasteiger partial charge in [0.25, 0.3) is 0 Å². The highest BCUT2D eigenvalue weighted by Crippen LogP contribution is 2.12. The van der Waals surface area contributed by atoms with E-state index in [4.69, 9.17) is 15.2 Å². The van der Waals surface area contributed by atoms with Crippen molar-refractivity contribution < 1.29 is 9.47 Å². The number of nitrogens with two attached hydrogens (primary N) is 1. The van der Waals surface area contributed by atoms with Gasteiger partial charge in [-0.25, -0.2) is 0 Å². The fourth-order valence-corrected chi connectivity index (χ4v) is 1.97.